The molecule has 1 saturated carbocycles. The summed E-state index contributed by atoms with van der Waals surface area (Å²) in [6.07, 6.45) is 38.0. The number of hydrogen-bond donors (Lipinski definition) is 6. The van der Waals surface area contributed by atoms with Crippen molar-refractivity contribution in [2.75, 3.05) is 19.8 Å². The van der Waals surface area contributed by atoms with E-state index in [1.165, 1.54) is 32.1 Å². The number of aliphatic hydroxyl groups excluding tert-OH is 5. The lowest BCUT2D eigenvalue weighted by Crippen LogP contribution is -2.64. The van der Waals surface area contributed by atoms with Gasteiger partial charge >= 0.3 is 13.8 Å². The molecule has 0 saturated heterocycles. The molecule has 0 heterocycles. The Bertz CT molecular complexity index is 1330. The maximum atomic E-state index is 12.8. The zero-order valence-electron chi connectivity index (χ0n) is 37.2. The van der Waals surface area contributed by atoms with E-state index < -0.39 is 63.1 Å². The summed E-state index contributed by atoms with van der Waals surface area (Å²) in [5.41, 5.74) is 0. The zero-order chi connectivity index (χ0) is 44.8. The van der Waals surface area contributed by atoms with Crippen LogP contribution in [0, 0.1) is 0 Å². The van der Waals surface area contributed by atoms with Crippen LogP contribution in [0.5, 0.6) is 0 Å². The fraction of sp³-hybridized carbons (Fsp3) is 0.688. The Morgan fingerprint density at radius 1 is 0.541 bits per heavy atom. The second-order valence-electron chi connectivity index (χ2n) is 15.5. The van der Waals surface area contributed by atoms with Crippen molar-refractivity contribution < 1.29 is 58.3 Å². The third-order valence-corrected chi connectivity index (χ3v) is 11.0. The number of allylic oxidation sites excluding steroid dienone is 14. The van der Waals surface area contributed by atoms with E-state index in [1.807, 2.05) is 12.2 Å². The lowest BCUT2D eigenvalue weighted by Gasteiger charge is -2.41. The Morgan fingerprint density at radius 3 is 1.48 bits per heavy atom. The lowest BCUT2D eigenvalue weighted by molar-refractivity contribution is -0.220. The summed E-state index contributed by atoms with van der Waals surface area (Å²) < 4.78 is 34.1. The largest absolute Gasteiger partial charge is 0.472 e. The molecule has 0 bridgehead atoms. The van der Waals surface area contributed by atoms with E-state index in [2.05, 4.69) is 86.8 Å². The molecule has 6 unspecified atom stereocenters. The molecule has 0 aliphatic heterocycles. The molecule has 0 aromatic heterocycles. The minimum absolute atomic E-state index is 0.0999. The second-order valence-corrected chi connectivity index (χ2v) is 16.9. The van der Waals surface area contributed by atoms with E-state index in [0.29, 0.717) is 19.4 Å². The number of hydrogen-bond acceptors (Lipinski definition) is 11. The Hall–Kier alpha value is -2.48. The van der Waals surface area contributed by atoms with Crippen LogP contribution in [0.15, 0.2) is 85.1 Å². The molecule has 0 amide bonds. The molecule has 12 nitrogen and oxygen atoms in total. The summed E-state index contributed by atoms with van der Waals surface area (Å²) in [5.74, 6) is -0.541. The SMILES string of the molecule is CC/C=C\C/C=C\C/C=C\C/C=C\C/C=C\CCCC(=O)OC(COCCCCCCCC/C=C\C/C=C\CCCCCC)COP(=O)(O)OC1C(O)C(O)C(O)C(O)C1O. The number of phosphoric acid groups is 1. The highest BCUT2D eigenvalue weighted by Crippen LogP contribution is 2.47. The number of unbranched alkanes of at least 4 members (excludes halogenated alkanes) is 11. The number of aliphatic hydroxyl groups is 5. The zero-order valence-corrected chi connectivity index (χ0v) is 38.1. The third kappa shape index (κ3) is 30.3. The molecule has 1 fully saturated rings. The normalized spacial score (nSPS) is 23.0. The first-order valence-corrected chi connectivity index (χ1v) is 24.4. The van der Waals surface area contributed by atoms with Gasteiger partial charge in [0.2, 0.25) is 0 Å². The van der Waals surface area contributed by atoms with Gasteiger partial charge in [0.1, 0.15) is 42.7 Å². The Kier molecular flexibility index (Phi) is 35.2. The van der Waals surface area contributed by atoms with Crippen molar-refractivity contribution in [2.45, 2.75) is 191 Å². The monoisotopic (exact) mass is 881 g/mol. The van der Waals surface area contributed by atoms with E-state index >= 15 is 0 Å². The van der Waals surface area contributed by atoms with Gasteiger partial charge in [0.15, 0.2) is 0 Å². The highest BCUT2D eigenvalue weighted by atomic mass is 31.2. The van der Waals surface area contributed by atoms with E-state index in [1.54, 1.807) is 0 Å². The van der Waals surface area contributed by atoms with Gasteiger partial charge in [-0.2, -0.15) is 0 Å². The highest BCUT2D eigenvalue weighted by Gasteiger charge is 2.51. The van der Waals surface area contributed by atoms with E-state index in [9.17, 15) is 39.8 Å². The van der Waals surface area contributed by atoms with E-state index in [-0.39, 0.29) is 13.0 Å². The van der Waals surface area contributed by atoms with Crippen molar-refractivity contribution in [3.63, 3.8) is 0 Å². The summed E-state index contributed by atoms with van der Waals surface area (Å²) in [6, 6.07) is 0. The Morgan fingerprint density at radius 2 is 0.967 bits per heavy atom. The molecule has 0 spiro atoms. The first-order valence-electron chi connectivity index (χ1n) is 22.9. The van der Waals surface area contributed by atoms with Crippen LogP contribution in [0.3, 0.4) is 0 Å². The number of ether oxygens (including phenoxy) is 2. The van der Waals surface area contributed by atoms with Gasteiger partial charge in [-0.05, 0) is 83.5 Å². The van der Waals surface area contributed by atoms with Crippen LogP contribution in [0.4, 0.5) is 0 Å². The Labute approximate surface area is 367 Å². The summed E-state index contributed by atoms with van der Waals surface area (Å²) in [4.78, 5) is 23.1. The van der Waals surface area contributed by atoms with E-state index in [4.69, 9.17) is 18.5 Å². The molecule has 350 valence electrons. The number of phosphoric ester groups is 1. The van der Waals surface area contributed by atoms with Gasteiger partial charge in [-0.3, -0.25) is 13.8 Å². The van der Waals surface area contributed by atoms with Crippen molar-refractivity contribution in [1.29, 1.82) is 0 Å². The highest BCUT2D eigenvalue weighted by molar-refractivity contribution is 7.47. The third-order valence-electron chi connectivity index (χ3n) is 10.0. The minimum Gasteiger partial charge on any atom is -0.457 e. The second kappa shape index (κ2) is 38.0. The summed E-state index contributed by atoms with van der Waals surface area (Å²) >= 11 is 0. The first kappa shape index (κ1) is 56.5. The standard InChI is InChI=1S/C48H81O12P/c1-3-5-7-9-11-13-15-17-19-21-23-25-27-29-31-33-35-37-42(49)59-41(40-58-61(55,56)60-48-46(53)44(51)43(50)45(52)47(48)54)39-57-38-36-34-32-30-28-26-24-22-20-18-16-14-12-10-8-6-4-2/h5,7,11,13-14,16-17,19-20,22-23,25,29,31,41,43-48,50-54H,3-4,6,8-10,12,15,18,21,24,26-28,30,32-40H2,1-2H3,(H,55,56)/b7-5-,13-11-,16-14-,19-17-,22-20-,25-23-,31-29-. The van der Waals surface area contributed by atoms with Crippen LogP contribution in [0.2, 0.25) is 0 Å². The number of carbonyl (C=O) groups is 1. The predicted octanol–water partition coefficient (Wildman–Crippen LogP) is 9.36. The maximum absolute atomic E-state index is 12.8. The van der Waals surface area contributed by atoms with Gasteiger partial charge in [0.05, 0.1) is 13.2 Å². The number of rotatable bonds is 37. The number of carbonyl (C=O) groups excluding carboxylic acids is 1. The van der Waals surface area contributed by atoms with Crippen molar-refractivity contribution in [1.82, 2.24) is 0 Å². The van der Waals surface area contributed by atoms with Gasteiger partial charge in [-0.1, -0.05) is 144 Å². The van der Waals surface area contributed by atoms with Crippen molar-refractivity contribution in [3.05, 3.63) is 85.1 Å². The minimum atomic E-state index is -5.04. The van der Waals surface area contributed by atoms with Crippen LogP contribution in [-0.2, 0) is 27.9 Å². The molecule has 1 rings (SSSR count). The van der Waals surface area contributed by atoms with Gasteiger partial charge in [0, 0.05) is 13.0 Å². The maximum Gasteiger partial charge on any atom is 0.472 e. The molecule has 6 atom stereocenters. The lowest BCUT2D eigenvalue weighted by atomic mass is 9.85. The summed E-state index contributed by atoms with van der Waals surface area (Å²) in [6.45, 7) is 4.02. The van der Waals surface area contributed by atoms with Gasteiger partial charge < -0.3 is 39.9 Å². The van der Waals surface area contributed by atoms with Crippen LogP contribution in [0.25, 0.3) is 0 Å². The van der Waals surface area contributed by atoms with Crippen molar-refractivity contribution >= 4 is 13.8 Å². The summed E-state index contributed by atoms with van der Waals surface area (Å²) in [7, 11) is -5.04. The smallest absolute Gasteiger partial charge is 0.457 e. The summed E-state index contributed by atoms with van der Waals surface area (Å²) in [5, 5.41) is 50.2. The topological polar surface area (TPSA) is 192 Å². The first-order chi connectivity index (χ1) is 29.5. The molecular weight excluding hydrogens is 799 g/mol. The van der Waals surface area contributed by atoms with E-state index in [0.717, 1.165) is 83.5 Å². The molecule has 0 aromatic carbocycles. The fourth-order valence-corrected chi connectivity index (χ4v) is 7.33. The average molecular weight is 881 g/mol. The van der Waals surface area contributed by atoms with Crippen LogP contribution < -0.4 is 0 Å². The Balaban J connectivity index is 2.47. The van der Waals surface area contributed by atoms with Crippen LogP contribution >= 0.6 is 7.82 Å². The molecule has 6 N–H and O–H groups in total. The molecule has 61 heavy (non-hydrogen) atoms. The molecule has 1 aliphatic rings. The fourth-order valence-electron chi connectivity index (χ4n) is 6.36. The number of esters is 1. The van der Waals surface area contributed by atoms with Gasteiger partial charge in [-0.25, -0.2) is 4.57 Å². The van der Waals surface area contributed by atoms with Crippen LogP contribution in [-0.4, -0.2) is 98.9 Å². The molecular formula is C48H81O12P. The molecule has 1 aliphatic carbocycles. The molecule has 0 radical (unpaired) electrons. The van der Waals surface area contributed by atoms with Gasteiger partial charge in [-0.15, -0.1) is 0 Å². The van der Waals surface area contributed by atoms with Crippen molar-refractivity contribution in [3.8, 4) is 0 Å². The van der Waals surface area contributed by atoms with Crippen LogP contribution in [0.1, 0.15) is 149 Å². The molecule has 13 heteroatoms. The molecule has 0 aromatic rings. The predicted molar refractivity (Wildman–Crippen MR) is 244 cm³/mol. The quantitative estimate of drug-likeness (QED) is 0.0150. The average Bonchev–Trinajstić information content (AvgIpc) is 3.24. The van der Waals surface area contributed by atoms with Gasteiger partial charge in [0.25, 0.3) is 0 Å². The van der Waals surface area contributed by atoms with Crippen molar-refractivity contribution in [2.24, 2.45) is 0 Å².